The number of nitrogens with one attached hydrogen (secondary N) is 7. The Morgan fingerprint density at radius 3 is 1.14 bits per heavy atom. The van der Waals surface area contributed by atoms with E-state index in [-0.39, 0.29) is 14.7 Å². The first-order valence-electron chi connectivity index (χ1n) is 39.8. The van der Waals surface area contributed by atoms with Gasteiger partial charge in [0.25, 0.3) is 0 Å². The third-order valence-electron chi connectivity index (χ3n) is 18.4. The summed E-state index contributed by atoms with van der Waals surface area (Å²) < 4.78 is 171. The van der Waals surface area contributed by atoms with Gasteiger partial charge in [0.15, 0.2) is 75.5 Å². The van der Waals surface area contributed by atoms with Gasteiger partial charge in [-0.25, -0.2) is 52.0 Å². The van der Waals surface area contributed by atoms with E-state index in [1.165, 1.54) is 89.3 Å². The zero-order valence-corrected chi connectivity index (χ0v) is 80.3. The second-order valence-electron chi connectivity index (χ2n) is 28.3. The van der Waals surface area contributed by atoms with E-state index in [2.05, 4.69) is 79.8 Å². The number of sulfone groups is 3. The number of likely N-dealkylation sites (N-methyl/N-ethyl adjacent to an activating group) is 1. The lowest BCUT2D eigenvalue weighted by Crippen LogP contribution is -2.26. The lowest BCUT2D eigenvalue weighted by molar-refractivity contribution is 0.174. The van der Waals surface area contributed by atoms with Crippen LogP contribution in [0.1, 0.15) is 61.2 Å². The van der Waals surface area contributed by atoms with Gasteiger partial charge in [0.2, 0.25) is 32.6 Å². The van der Waals surface area contributed by atoms with Crippen LogP contribution >= 0.6 is 0 Å². The number of hydrogen-bond donors (Lipinski definition) is 8. The van der Waals surface area contributed by atoms with Gasteiger partial charge in [-0.1, -0.05) is 91.0 Å². The molecule has 0 aliphatic carbocycles. The van der Waals surface area contributed by atoms with Crippen LogP contribution in [0.2, 0.25) is 0 Å². The molecule has 0 spiro atoms. The predicted octanol–water partition coefficient (Wildman–Crippen LogP) is 11.1. The minimum absolute atomic E-state index is 0.0393. The number of nitrogens with zero attached hydrogens (tertiary/aromatic N) is 1. The molecule has 0 saturated heterocycles. The van der Waals surface area contributed by atoms with Gasteiger partial charge in [0.05, 0.1) is 80.9 Å². The molecule has 696 valence electrons. The summed E-state index contributed by atoms with van der Waals surface area (Å²) in [5.74, 6) is 7.83. The molecule has 35 heteroatoms. The molecule has 2 heterocycles. The van der Waals surface area contributed by atoms with Gasteiger partial charge in [-0.3, -0.25) is 0 Å². The summed E-state index contributed by atoms with van der Waals surface area (Å²) in [6.45, 7) is 10.4. The average molecular weight is 1860 g/mol. The van der Waals surface area contributed by atoms with E-state index in [0.29, 0.717) is 53.6 Å². The molecule has 2 aliphatic rings. The van der Waals surface area contributed by atoms with Crippen LogP contribution in [0, 0.1) is 6.92 Å². The SMILES string of the molecule is CNCc1cc(OC)c(OC)c(OC)c1.CNCc1ccc(OC)c(C)c1.CNCc1ccc(OCc2ccccc2)c(OC)c1.CNCc1ccc(S(C)(=O)=O)cc1.CNCc1ccc(S(N)(=O)=O)cc1.CNCc1ccc2c(c1)OCO2.CNS(=O)(=O)c1ccc(S(C)(=O)=O)cc1.COCc1ccc(S(C)(=O)=O)cc1.COc1cc2c(cc1OC)CN(C)CC2. The van der Waals surface area contributed by atoms with Crippen LogP contribution in [0.3, 0.4) is 0 Å². The number of methoxy groups -OCH3 is 8. The number of aryl methyl sites for hydroxylation is 1. The van der Waals surface area contributed by atoms with E-state index in [1.54, 1.807) is 105 Å². The lowest BCUT2D eigenvalue weighted by atomic mass is 9.99. The monoisotopic (exact) mass is 1850 g/mol. The van der Waals surface area contributed by atoms with Gasteiger partial charge >= 0.3 is 0 Å². The number of rotatable bonds is 30. The second-order valence-corrected chi connectivity index (χ2v) is 37.8. The van der Waals surface area contributed by atoms with Gasteiger partial charge in [-0.2, -0.15) is 0 Å². The summed E-state index contributed by atoms with van der Waals surface area (Å²) in [6.07, 6.45) is 4.55. The van der Waals surface area contributed by atoms with Gasteiger partial charge in [0.1, 0.15) is 12.4 Å². The average Bonchev–Trinajstić information content (AvgIpc) is 1.40. The summed E-state index contributed by atoms with van der Waals surface area (Å²) in [5, 5.41) is 23.3. The minimum atomic E-state index is -3.55. The molecule has 0 radical (unpaired) electrons. The van der Waals surface area contributed by atoms with Crippen molar-refractivity contribution in [3.05, 3.63) is 267 Å². The molecule has 0 aromatic heterocycles. The van der Waals surface area contributed by atoms with Crippen LogP contribution < -0.4 is 89.1 Å². The highest BCUT2D eigenvalue weighted by Crippen LogP contribution is 2.39. The number of sulfonamides is 2. The van der Waals surface area contributed by atoms with Crippen molar-refractivity contribution in [3.63, 3.8) is 0 Å². The predicted molar refractivity (Wildman–Crippen MR) is 500 cm³/mol. The van der Waals surface area contributed by atoms with E-state index in [0.717, 1.165) is 127 Å². The summed E-state index contributed by atoms with van der Waals surface area (Å²) >= 11 is 0. The quantitative estimate of drug-likeness (QED) is 0.0207. The van der Waals surface area contributed by atoms with E-state index < -0.39 is 49.6 Å². The maximum absolute atomic E-state index is 11.3. The largest absolute Gasteiger partial charge is 0.496 e. The molecular weight excluding hydrogens is 1730 g/mol. The van der Waals surface area contributed by atoms with Crippen LogP contribution in [0.4, 0.5) is 0 Å². The fourth-order valence-corrected chi connectivity index (χ4v) is 15.0. The number of benzene rings is 10. The Kier molecular flexibility index (Phi) is 48.0. The number of fused-ring (bicyclic) bond motifs is 2. The van der Waals surface area contributed by atoms with Crippen molar-refractivity contribution in [1.29, 1.82) is 0 Å². The standard InChI is InChI=1S/C16H19NO2.C12H17NO2.C11H17NO3.C10H15NO.C9H13NO2S.C9H11NO2.C9H12O3S.C8H12N2O2S.C8H11NO4S2/c1-17-11-14-8-9-15(16(10-14)18-2)19-12-13-6-4-3-5-7-13;1-13-5-4-9-6-11(14-2)12(15-3)7-10(9)8-13;1-12-7-8-5-9(13-2)11(15-4)10(6-8)14-3;1-8-6-9(7-11-2)4-5-10(8)12-3;1-10-7-8-3-5-9(6-4-8)13(2,11)12;1-10-5-7-2-3-8-9(4-7)12-6-11-8;1-12-7-8-3-5-9(6-4-8)13(2,10)11;1-10-6-7-2-4-8(5-3-7)13(9,11)12;1-9-15(12,13)8-5-3-7(4-6-8)14(2,10)11/h3-10,17H,11-12H2,1-2H3;6-7H,4-5,8H2,1-3H3;5-6,12H,7H2,1-4H3;4-6,11H,7H2,1-3H3;3-6,10H,7H2,1-2H3;2-4,10H,5-6H2,1H3;3-6H,7H2,1-2H3;2-5,10H,6H2,1H3,(H2,9,11,12);3-6,9H,1-2H3. The highest BCUT2D eigenvalue weighted by Gasteiger charge is 2.20. The molecule has 0 atom stereocenters. The van der Waals surface area contributed by atoms with Crippen LogP contribution in [-0.4, -0.2) is 192 Å². The molecule has 0 bridgehead atoms. The van der Waals surface area contributed by atoms with Gasteiger partial charge in [0, 0.05) is 78.2 Å². The third kappa shape index (κ3) is 38.6. The Balaban J connectivity index is 0.000000300. The maximum Gasteiger partial charge on any atom is 0.240 e. The van der Waals surface area contributed by atoms with Crippen LogP contribution in [0.5, 0.6) is 57.5 Å². The van der Waals surface area contributed by atoms with Crippen molar-refractivity contribution < 1.29 is 94.2 Å². The van der Waals surface area contributed by atoms with Crippen molar-refractivity contribution in [3.8, 4) is 57.5 Å². The first-order chi connectivity index (χ1) is 60.4. The lowest BCUT2D eigenvalue weighted by Gasteiger charge is -2.26. The Bertz CT molecular complexity index is 5340. The zero-order valence-electron chi connectivity index (χ0n) is 76.3. The van der Waals surface area contributed by atoms with Crippen molar-refractivity contribution in [2.75, 3.05) is 145 Å². The molecule has 9 N–H and O–H groups in total. The number of ether oxygens (including phenoxy) is 11. The Morgan fingerprint density at radius 2 is 0.717 bits per heavy atom. The molecule has 0 saturated carbocycles. The Morgan fingerprint density at radius 1 is 0.354 bits per heavy atom. The van der Waals surface area contributed by atoms with E-state index in [9.17, 15) is 42.1 Å². The number of nitrogens with two attached hydrogens (primary N) is 1. The normalized spacial score (nSPS) is 11.8. The van der Waals surface area contributed by atoms with Crippen molar-refractivity contribution in [2.45, 2.75) is 96.8 Å². The third-order valence-corrected chi connectivity index (χ3v) is 24.1. The molecule has 10 aromatic carbocycles. The van der Waals surface area contributed by atoms with Crippen molar-refractivity contribution in [1.82, 2.24) is 41.5 Å². The fourth-order valence-electron chi connectivity index (χ4n) is 11.9. The number of primary sulfonamides is 1. The van der Waals surface area contributed by atoms with E-state index >= 15 is 0 Å². The first-order valence-corrected chi connectivity index (χ1v) is 48.5. The highest BCUT2D eigenvalue weighted by atomic mass is 32.2. The molecular formula is C92H127N9O21S5. The molecule has 0 unspecified atom stereocenters. The van der Waals surface area contributed by atoms with E-state index in [4.69, 9.17) is 57.2 Å². The number of hydrogen-bond acceptors (Lipinski definition) is 28. The minimum Gasteiger partial charge on any atom is -0.496 e. The summed E-state index contributed by atoms with van der Waals surface area (Å²) in [4.78, 5) is 3.30. The smallest absolute Gasteiger partial charge is 0.240 e. The summed E-state index contributed by atoms with van der Waals surface area (Å²) in [5.41, 5.74) is 12.9. The zero-order chi connectivity index (χ0) is 94.3. The Labute approximate surface area is 752 Å². The molecule has 0 amide bonds. The molecule has 127 heavy (non-hydrogen) atoms. The first kappa shape index (κ1) is 109. The molecule has 30 nitrogen and oxygen atoms in total. The van der Waals surface area contributed by atoms with Gasteiger partial charge in [-0.05, 0) is 246 Å². The van der Waals surface area contributed by atoms with Crippen LogP contribution in [-0.2, 0) is 120 Å². The van der Waals surface area contributed by atoms with Crippen LogP contribution in [0.15, 0.2) is 231 Å². The molecule has 2 aliphatic heterocycles. The Hall–Kier alpha value is -10.5. The van der Waals surface area contributed by atoms with Crippen molar-refractivity contribution >= 4 is 49.6 Å². The topological polar surface area (TPSA) is 386 Å². The molecule has 12 rings (SSSR count). The fraction of sp³-hybridized carbons (Fsp3) is 0.348. The maximum atomic E-state index is 11.3. The van der Waals surface area contributed by atoms with Crippen molar-refractivity contribution in [2.24, 2.45) is 5.14 Å². The van der Waals surface area contributed by atoms with Crippen LogP contribution in [0.25, 0.3) is 0 Å². The van der Waals surface area contributed by atoms with E-state index in [1.807, 2.05) is 139 Å². The van der Waals surface area contributed by atoms with Gasteiger partial charge in [-0.15, -0.1) is 0 Å². The highest BCUT2D eigenvalue weighted by molar-refractivity contribution is 7.91. The molecule has 10 aromatic rings. The molecule has 0 fully saturated rings. The van der Waals surface area contributed by atoms with Gasteiger partial charge < -0.3 is 88.9 Å². The second kappa shape index (κ2) is 56.0. The summed E-state index contributed by atoms with van der Waals surface area (Å²) in [7, 11) is 11.4. The summed E-state index contributed by atoms with van der Waals surface area (Å²) in [6, 6.07) is 61.4.